The molecular formula is C21H28N4O2. The number of hydrogen-bond acceptors (Lipinski definition) is 5. The quantitative estimate of drug-likeness (QED) is 0.814. The van der Waals surface area contributed by atoms with Crippen LogP contribution in [-0.2, 0) is 11.3 Å². The lowest BCUT2D eigenvalue weighted by Crippen LogP contribution is -2.36. The SMILES string of the molecule is CCN(CC)Cc1ccc(C(=O)Nc2ccc(N3CCOCC3)nc2)cc1. The maximum Gasteiger partial charge on any atom is 0.255 e. The van der Waals surface area contributed by atoms with E-state index in [0.29, 0.717) is 11.3 Å². The molecule has 0 unspecified atom stereocenters. The Labute approximate surface area is 161 Å². The first-order valence-electron chi connectivity index (χ1n) is 9.61. The molecule has 0 spiro atoms. The molecule has 144 valence electrons. The van der Waals surface area contributed by atoms with E-state index < -0.39 is 0 Å². The molecule has 0 aliphatic carbocycles. The van der Waals surface area contributed by atoms with Crippen LogP contribution in [0.2, 0.25) is 0 Å². The first kappa shape index (κ1) is 19.3. The fourth-order valence-corrected chi connectivity index (χ4v) is 3.11. The Hall–Kier alpha value is -2.44. The number of hydrogen-bond donors (Lipinski definition) is 1. The number of carbonyl (C=O) groups excluding carboxylic acids is 1. The van der Waals surface area contributed by atoms with Gasteiger partial charge in [0.15, 0.2) is 0 Å². The van der Waals surface area contributed by atoms with Crippen molar-refractivity contribution < 1.29 is 9.53 Å². The minimum atomic E-state index is -0.120. The van der Waals surface area contributed by atoms with E-state index in [2.05, 4.69) is 33.9 Å². The van der Waals surface area contributed by atoms with Crippen molar-refractivity contribution in [3.63, 3.8) is 0 Å². The van der Waals surface area contributed by atoms with Gasteiger partial charge in [0.1, 0.15) is 5.82 Å². The van der Waals surface area contributed by atoms with Crippen molar-refractivity contribution >= 4 is 17.4 Å². The molecule has 1 fully saturated rings. The number of ether oxygens (including phenoxy) is 1. The van der Waals surface area contributed by atoms with Gasteiger partial charge in [0.25, 0.3) is 5.91 Å². The van der Waals surface area contributed by atoms with Crippen molar-refractivity contribution in [1.29, 1.82) is 0 Å². The van der Waals surface area contributed by atoms with Crippen molar-refractivity contribution in [3.8, 4) is 0 Å². The Balaban J connectivity index is 1.58. The van der Waals surface area contributed by atoms with Crippen LogP contribution in [0.3, 0.4) is 0 Å². The van der Waals surface area contributed by atoms with E-state index in [4.69, 9.17) is 4.74 Å². The van der Waals surface area contributed by atoms with Crippen LogP contribution in [0, 0.1) is 0 Å². The van der Waals surface area contributed by atoms with Gasteiger partial charge in [0.2, 0.25) is 0 Å². The summed E-state index contributed by atoms with van der Waals surface area (Å²) in [5.74, 6) is 0.794. The molecule has 1 aliphatic heterocycles. The van der Waals surface area contributed by atoms with Gasteiger partial charge in [0.05, 0.1) is 25.1 Å². The van der Waals surface area contributed by atoms with Crippen molar-refractivity contribution in [2.75, 3.05) is 49.6 Å². The van der Waals surface area contributed by atoms with Gasteiger partial charge < -0.3 is 15.0 Å². The summed E-state index contributed by atoms with van der Waals surface area (Å²) in [6.07, 6.45) is 1.71. The largest absolute Gasteiger partial charge is 0.378 e. The standard InChI is InChI=1S/C21H28N4O2/c1-3-24(4-2)16-17-5-7-18(8-6-17)21(26)23-19-9-10-20(22-15-19)25-11-13-27-14-12-25/h5-10,15H,3-4,11-14,16H2,1-2H3,(H,23,26). The monoisotopic (exact) mass is 368 g/mol. The zero-order valence-corrected chi connectivity index (χ0v) is 16.1. The second kappa shape index (κ2) is 9.48. The summed E-state index contributed by atoms with van der Waals surface area (Å²) in [6, 6.07) is 11.6. The minimum Gasteiger partial charge on any atom is -0.378 e. The molecule has 6 nitrogen and oxygen atoms in total. The number of carbonyl (C=O) groups is 1. The third kappa shape index (κ3) is 5.28. The fraction of sp³-hybridized carbons (Fsp3) is 0.429. The zero-order chi connectivity index (χ0) is 19.1. The van der Waals surface area contributed by atoms with E-state index in [9.17, 15) is 4.79 Å². The predicted molar refractivity (Wildman–Crippen MR) is 108 cm³/mol. The van der Waals surface area contributed by atoms with E-state index in [-0.39, 0.29) is 5.91 Å². The Morgan fingerprint density at radius 2 is 1.81 bits per heavy atom. The van der Waals surface area contributed by atoms with Gasteiger partial charge in [0, 0.05) is 25.2 Å². The van der Waals surface area contributed by atoms with Crippen molar-refractivity contribution in [3.05, 3.63) is 53.7 Å². The lowest BCUT2D eigenvalue weighted by atomic mass is 10.1. The smallest absolute Gasteiger partial charge is 0.255 e. The molecule has 0 atom stereocenters. The summed E-state index contributed by atoms with van der Waals surface area (Å²) in [4.78, 5) is 21.5. The van der Waals surface area contributed by atoms with Gasteiger partial charge in [-0.1, -0.05) is 26.0 Å². The molecular weight excluding hydrogens is 340 g/mol. The summed E-state index contributed by atoms with van der Waals surface area (Å²) in [5, 5.41) is 2.92. The van der Waals surface area contributed by atoms with Gasteiger partial charge in [-0.15, -0.1) is 0 Å². The summed E-state index contributed by atoms with van der Waals surface area (Å²) in [6.45, 7) is 10.4. The number of amides is 1. The molecule has 1 aromatic heterocycles. The maximum atomic E-state index is 12.5. The first-order chi connectivity index (χ1) is 13.2. The van der Waals surface area contributed by atoms with Crippen LogP contribution in [0.5, 0.6) is 0 Å². The third-order valence-corrected chi connectivity index (χ3v) is 4.86. The lowest BCUT2D eigenvalue weighted by Gasteiger charge is -2.27. The summed E-state index contributed by atoms with van der Waals surface area (Å²) in [7, 11) is 0. The predicted octanol–water partition coefficient (Wildman–Crippen LogP) is 3.01. The summed E-state index contributed by atoms with van der Waals surface area (Å²) >= 11 is 0. The third-order valence-electron chi connectivity index (χ3n) is 4.86. The summed E-state index contributed by atoms with van der Waals surface area (Å²) < 4.78 is 5.36. The van der Waals surface area contributed by atoms with E-state index >= 15 is 0 Å². The minimum absolute atomic E-state index is 0.120. The number of pyridine rings is 1. The molecule has 0 radical (unpaired) electrons. The van der Waals surface area contributed by atoms with Crippen LogP contribution in [0.1, 0.15) is 29.8 Å². The molecule has 1 aliphatic rings. The van der Waals surface area contributed by atoms with Crippen LogP contribution in [0.25, 0.3) is 0 Å². The molecule has 1 amide bonds. The highest BCUT2D eigenvalue weighted by Crippen LogP contribution is 2.16. The van der Waals surface area contributed by atoms with Crippen LogP contribution in [0.15, 0.2) is 42.6 Å². The molecule has 1 aromatic carbocycles. The molecule has 3 rings (SSSR count). The van der Waals surface area contributed by atoms with Crippen molar-refractivity contribution in [2.24, 2.45) is 0 Å². The number of nitrogens with zero attached hydrogens (tertiary/aromatic N) is 3. The van der Waals surface area contributed by atoms with E-state index in [1.807, 2.05) is 36.4 Å². The highest BCUT2D eigenvalue weighted by atomic mass is 16.5. The van der Waals surface area contributed by atoms with Gasteiger partial charge >= 0.3 is 0 Å². The van der Waals surface area contributed by atoms with Crippen LogP contribution in [0.4, 0.5) is 11.5 Å². The normalized spacial score (nSPS) is 14.4. The average molecular weight is 368 g/mol. The molecule has 1 saturated heterocycles. The highest BCUT2D eigenvalue weighted by Gasteiger charge is 2.13. The molecule has 0 saturated carbocycles. The summed E-state index contributed by atoms with van der Waals surface area (Å²) in [5.41, 5.74) is 2.56. The van der Waals surface area contributed by atoms with Gasteiger partial charge in [-0.2, -0.15) is 0 Å². The molecule has 2 heterocycles. The zero-order valence-electron chi connectivity index (χ0n) is 16.1. The van der Waals surface area contributed by atoms with Gasteiger partial charge in [-0.25, -0.2) is 4.98 Å². The number of aromatic nitrogens is 1. The molecule has 2 aromatic rings. The molecule has 1 N–H and O–H groups in total. The Bertz CT molecular complexity index is 721. The topological polar surface area (TPSA) is 57.7 Å². The maximum absolute atomic E-state index is 12.5. The van der Waals surface area contributed by atoms with Gasteiger partial charge in [-0.3, -0.25) is 9.69 Å². The molecule has 0 bridgehead atoms. The van der Waals surface area contributed by atoms with Crippen molar-refractivity contribution in [1.82, 2.24) is 9.88 Å². The lowest BCUT2D eigenvalue weighted by molar-refractivity contribution is 0.102. The first-order valence-corrected chi connectivity index (χ1v) is 9.61. The van der Waals surface area contributed by atoms with Crippen LogP contribution >= 0.6 is 0 Å². The van der Waals surface area contributed by atoms with Gasteiger partial charge in [-0.05, 0) is 42.9 Å². The number of benzene rings is 1. The number of morpholine rings is 1. The van der Waals surface area contributed by atoms with E-state index in [1.165, 1.54) is 5.56 Å². The number of anilines is 2. The van der Waals surface area contributed by atoms with E-state index in [0.717, 1.165) is 51.8 Å². The molecule has 27 heavy (non-hydrogen) atoms. The number of rotatable bonds is 7. The second-order valence-corrected chi connectivity index (χ2v) is 6.62. The van der Waals surface area contributed by atoms with Crippen LogP contribution in [-0.4, -0.2) is 55.2 Å². The Morgan fingerprint density at radius 1 is 1.11 bits per heavy atom. The Morgan fingerprint density at radius 3 is 2.41 bits per heavy atom. The van der Waals surface area contributed by atoms with E-state index in [1.54, 1.807) is 6.20 Å². The van der Waals surface area contributed by atoms with Crippen molar-refractivity contribution in [2.45, 2.75) is 20.4 Å². The highest BCUT2D eigenvalue weighted by molar-refractivity contribution is 6.04. The molecule has 6 heteroatoms. The van der Waals surface area contributed by atoms with Crippen LogP contribution < -0.4 is 10.2 Å². The Kier molecular flexibility index (Phi) is 6.79. The number of nitrogens with one attached hydrogen (secondary N) is 1. The average Bonchev–Trinajstić information content (AvgIpc) is 2.73. The fourth-order valence-electron chi connectivity index (χ4n) is 3.11. The second-order valence-electron chi connectivity index (χ2n) is 6.62.